The van der Waals surface area contributed by atoms with Crippen LogP contribution in [0.3, 0.4) is 0 Å². The first-order valence-electron chi connectivity index (χ1n) is 10.3. The summed E-state index contributed by atoms with van der Waals surface area (Å²) in [6, 6.07) is 9.44. The maximum absolute atomic E-state index is 12.9. The van der Waals surface area contributed by atoms with Crippen LogP contribution in [0.5, 0.6) is 0 Å². The van der Waals surface area contributed by atoms with Crippen molar-refractivity contribution >= 4 is 11.7 Å². The lowest BCUT2D eigenvalue weighted by Crippen LogP contribution is -2.51. The molecule has 9 nitrogen and oxygen atoms in total. The molecule has 158 valence electrons. The summed E-state index contributed by atoms with van der Waals surface area (Å²) in [5, 5.41) is 8.13. The first-order chi connectivity index (χ1) is 14.7. The normalized spacial score (nSPS) is 14.5. The third-order valence-electron chi connectivity index (χ3n) is 5.06. The molecule has 0 unspecified atom stereocenters. The molecule has 9 heteroatoms. The van der Waals surface area contributed by atoms with Crippen LogP contribution in [0.4, 0.5) is 5.82 Å². The van der Waals surface area contributed by atoms with Crippen LogP contribution in [0.15, 0.2) is 51.6 Å². The van der Waals surface area contributed by atoms with Gasteiger partial charge in [-0.25, -0.2) is 4.98 Å². The highest BCUT2D eigenvalue weighted by Gasteiger charge is 2.24. The summed E-state index contributed by atoms with van der Waals surface area (Å²) in [4.78, 5) is 23.5. The van der Waals surface area contributed by atoms with Crippen molar-refractivity contribution in [3.8, 4) is 11.7 Å². The summed E-state index contributed by atoms with van der Waals surface area (Å²) in [7, 11) is 0. The van der Waals surface area contributed by atoms with Crippen molar-refractivity contribution in [1.29, 1.82) is 0 Å². The topological polar surface area (TPSA) is 91.7 Å². The number of hydrogen-bond acceptors (Lipinski definition) is 8. The van der Waals surface area contributed by atoms with Crippen molar-refractivity contribution in [2.75, 3.05) is 44.2 Å². The molecule has 0 atom stereocenters. The van der Waals surface area contributed by atoms with Crippen LogP contribution in [-0.2, 0) is 11.3 Å². The Hall–Kier alpha value is -3.20. The van der Waals surface area contributed by atoms with Gasteiger partial charge in [-0.15, -0.1) is 10.2 Å². The number of pyridine rings is 1. The number of anilines is 1. The Balaban J connectivity index is 1.31. The van der Waals surface area contributed by atoms with Crippen molar-refractivity contribution in [2.45, 2.75) is 19.9 Å². The zero-order chi connectivity index (χ0) is 20.8. The monoisotopic (exact) mass is 410 g/mol. The van der Waals surface area contributed by atoms with Crippen LogP contribution in [0.25, 0.3) is 11.7 Å². The summed E-state index contributed by atoms with van der Waals surface area (Å²) in [5.41, 5.74) is 0. The molecule has 1 aliphatic heterocycles. The van der Waals surface area contributed by atoms with Crippen LogP contribution in [0.2, 0.25) is 0 Å². The average Bonchev–Trinajstić information content (AvgIpc) is 3.47. The van der Waals surface area contributed by atoms with Gasteiger partial charge in [0.15, 0.2) is 5.76 Å². The molecular weight excluding hydrogens is 384 g/mol. The van der Waals surface area contributed by atoms with E-state index in [1.54, 1.807) is 24.6 Å². The van der Waals surface area contributed by atoms with Crippen LogP contribution < -0.4 is 4.90 Å². The number of hydrogen-bond donors (Lipinski definition) is 0. The average molecular weight is 410 g/mol. The second kappa shape index (κ2) is 9.53. The lowest BCUT2D eigenvalue weighted by molar-refractivity contribution is -0.132. The van der Waals surface area contributed by atoms with Crippen LogP contribution in [0.1, 0.15) is 19.2 Å². The largest absolute Gasteiger partial charge is 0.459 e. The summed E-state index contributed by atoms with van der Waals surface area (Å²) < 4.78 is 11.0. The van der Waals surface area contributed by atoms with Crippen LogP contribution >= 0.6 is 0 Å². The molecule has 3 aromatic heterocycles. The van der Waals surface area contributed by atoms with Gasteiger partial charge in [0, 0.05) is 32.4 Å². The molecule has 4 heterocycles. The highest BCUT2D eigenvalue weighted by atomic mass is 16.4. The number of furan rings is 1. The Kier molecular flexibility index (Phi) is 6.38. The van der Waals surface area contributed by atoms with Gasteiger partial charge >= 0.3 is 0 Å². The molecule has 3 aromatic rings. The Bertz CT molecular complexity index is 919. The van der Waals surface area contributed by atoms with Gasteiger partial charge in [0.2, 0.25) is 11.8 Å². The highest BCUT2D eigenvalue weighted by Crippen LogP contribution is 2.19. The lowest BCUT2D eigenvalue weighted by Gasteiger charge is -2.36. The molecule has 0 saturated carbocycles. The fraction of sp³-hybridized carbons (Fsp3) is 0.429. The van der Waals surface area contributed by atoms with Gasteiger partial charge in [-0.1, -0.05) is 13.0 Å². The molecule has 1 saturated heterocycles. The molecule has 0 aromatic carbocycles. The lowest BCUT2D eigenvalue weighted by atomic mass is 10.3. The Labute approximate surface area is 175 Å². The predicted octanol–water partition coefficient (Wildman–Crippen LogP) is 2.29. The first-order valence-corrected chi connectivity index (χ1v) is 10.3. The third kappa shape index (κ3) is 4.85. The Morgan fingerprint density at radius 3 is 2.70 bits per heavy atom. The van der Waals surface area contributed by atoms with E-state index in [1.165, 1.54) is 0 Å². The van der Waals surface area contributed by atoms with Crippen molar-refractivity contribution in [3.05, 3.63) is 48.7 Å². The van der Waals surface area contributed by atoms with E-state index in [-0.39, 0.29) is 5.91 Å². The number of amides is 1. The van der Waals surface area contributed by atoms with E-state index in [9.17, 15) is 4.79 Å². The molecule has 0 aliphatic carbocycles. The summed E-state index contributed by atoms with van der Waals surface area (Å²) in [5.74, 6) is 2.44. The molecule has 1 fully saturated rings. The van der Waals surface area contributed by atoms with Gasteiger partial charge in [-0.05, 0) is 37.2 Å². The quantitative estimate of drug-likeness (QED) is 0.559. The van der Waals surface area contributed by atoms with Gasteiger partial charge < -0.3 is 18.6 Å². The minimum Gasteiger partial charge on any atom is -0.459 e. The summed E-state index contributed by atoms with van der Waals surface area (Å²) in [6.45, 7) is 6.58. The van der Waals surface area contributed by atoms with Gasteiger partial charge in [0.25, 0.3) is 5.89 Å². The van der Waals surface area contributed by atoms with Crippen LogP contribution in [0, 0.1) is 0 Å². The van der Waals surface area contributed by atoms with E-state index in [4.69, 9.17) is 8.83 Å². The molecular formula is C21H26N6O3. The molecule has 0 N–H and O–H groups in total. The van der Waals surface area contributed by atoms with Crippen molar-refractivity contribution in [1.82, 2.24) is 25.0 Å². The van der Waals surface area contributed by atoms with E-state index >= 15 is 0 Å². The number of piperazine rings is 1. The minimum atomic E-state index is 0.120. The molecule has 1 aliphatic rings. The smallest absolute Gasteiger partial charge is 0.283 e. The second-order valence-corrected chi connectivity index (χ2v) is 7.24. The molecule has 0 bridgehead atoms. The van der Waals surface area contributed by atoms with Gasteiger partial charge in [-0.3, -0.25) is 9.69 Å². The number of carbonyl (C=O) groups excluding carboxylic acids is 1. The van der Waals surface area contributed by atoms with E-state index < -0.39 is 0 Å². The highest BCUT2D eigenvalue weighted by molar-refractivity contribution is 5.78. The fourth-order valence-electron chi connectivity index (χ4n) is 3.56. The van der Waals surface area contributed by atoms with Crippen molar-refractivity contribution < 1.29 is 13.6 Å². The maximum atomic E-state index is 12.9. The third-order valence-corrected chi connectivity index (χ3v) is 5.06. The SMILES string of the molecule is CCCN(CC(=O)N1CCN(c2ccccn2)CC1)Cc1nnc(-c2ccco2)o1. The summed E-state index contributed by atoms with van der Waals surface area (Å²) >= 11 is 0. The number of rotatable bonds is 8. The van der Waals surface area contributed by atoms with Crippen LogP contribution in [-0.4, -0.2) is 70.2 Å². The summed E-state index contributed by atoms with van der Waals surface area (Å²) in [6.07, 6.45) is 4.29. The van der Waals surface area contributed by atoms with Gasteiger partial charge in [0.1, 0.15) is 5.82 Å². The first kappa shape index (κ1) is 20.1. The van der Waals surface area contributed by atoms with E-state index in [2.05, 4.69) is 27.0 Å². The molecule has 1 amide bonds. The van der Waals surface area contributed by atoms with E-state index in [0.29, 0.717) is 43.7 Å². The zero-order valence-electron chi connectivity index (χ0n) is 17.1. The van der Waals surface area contributed by atoms with Gasteiger partial charge in [0.05, 0.1) is 19.4 Å². The standard InChI is InChI=1S/C21H26N6O3/c1-2-9-25(15-19-23-24-21(30-19)17-6-5-14-29-17)16-20(28)27-12-10-26(11-13-27)18-7-3-4-8-22-18/h3-8,14H,2,9-13,15-16H2,1H3. The van der Waals surface area contributed by atoms with Crippen molar-refractivity contribution in [2.24, 2.45) is 0 Å². The molecule has 30 heavy (non-hydrogen) atoms. The zero-order valence-corrected chi connectivity index (χ0v) is 17.1. The van der Waals surface area contributed by atoms with Gasteiger partial charge in [-0.2, -0.15) is 0 Å². The number of carbonyl (C=O) groups is 1. The fourth-order valence-corrected chi connectivity index (χ4v) is 3.56. The number of aromatic nitrogens is 3. The molecule has 4 rings (SSSR count). The Morgan fingerprint density at radius 2 is 2.00 bits per heavy atom. The molecule has 0 spiro atoms. The minimum absolute atomic E-state index is 0.120. The van der Waals surface area contributed by atoms with E-state index in [0.717, 1.165) is 31.9 Å². The predicted molar refractivity (Wildman–Crippen MR) is 111 cm³/mol. The van der Waals surface area contributed by atoms with E-state index in [1.807, 2.05) is 28.0 Å². The molecule has 0 radical (unpaired) electrons. The maximum Gasteiger partial charge on any atom is 0.283 e. The second-order valence-electron chi connectivity index (χ2n) is 7.24. The number of nitrogens with zero attached hydrogens (tertiary/aromatic N) is 6. The Morgan fingerprint density at radius 1 is 1.13 bits per heavy atom. The van der Waals surface area contributed by atoms with Crippen molar-refractivity contribution in [3.63, 3.8) is 0 Å².